The summed E-state index contributed by atoms with van der Waals surface area (Å²) < 4.78 is 17.8. The maximum atomic E-state index is 13.5. The molecule has 3 N–H and O–H groups in total. The van der Waals surface area contributed by atoms with Crippen molar-refractivity contribution in [2.75, 3.05) is 26.6 Å². The first kappa shape index (κ1) is 22.5. The van der Waals surface area contributed by atoms with Gasteiger partial charge in [-0.3, -0.25) is 9.59 Å². The molecule has 1 aliphatic carbocycles. The van der Waals surface area contributed by atoms with Crippen LogP contribution < -0.4 is 25.0 Å². The van der Waals surface area contributed by atoms with Gasteiger partial charge in [-0.15, -0.1) is 0 Å². The van der Waals surface area contributed by atoms with E-state index in [9.17, 15) is 19.8 Å². The minimum atomic E-state index is -0.752. The van der Waals surface area contributed by atoms with E-state index in [0.717, 1.165) is 0 Å². The monoisotopic (exact) mass is 498 g/mol. The molecule has 0 fully saturated rings. The van der Waals surface area contributed by atoms with Crippen molar-refractivity contribution in [2.45, 2.75) is 6.04 Å². The molecule has 2 aromatic rings. The van der Waals surface area contributed by atoms with Crippen molar-refractivity contribution in [3.05, 3.63) is 81.8 Å². The van der Waals surface area contributed by atoms with Crippen molar-refractivity contribution in [3.63, 3.8) is 0 Å². The van der Waals surface area contributed by atoms with Crippen LogP contribution in [0.2, 0.25) is 0 Å². The van der Waals surface area contributed by atoms with Gasteiger partial charge in [-0.25, -0.2) is 0 Å². The Kier molecular flexibility index (Phi) is 4.91. The predicted octanol–water partition coefficient (Wildman–Crippen LogP) is 3.86. The van der Waals surface area contributed by atoms with E-state index in [-0.39, 0.29) is 34.3 Å². The van der Waals surface area contributed by atoms with E-state index in [4.69, 9.17) is 14.2 Å². The molecule has 0 saturated heterocycles. The van der Waals surface area contributed by atoms with Gasteiger partial charge >= 0.3 is 0 Å². The summed E-state index contributed by atoms with van der Waals surface area (Å²) in [7, 11) is 4.35. The van der Waals surface area contributed by atoms with Gasteiger partial charge in [0, 0.05) is 34.5 Å². The van der Waals surface area contributed by atoms with Crippen LogP contribution in [0.4, 0.5) is 5.69 Å². The number of benzene rings is 3. The predicted molar refractivity (Wildman–Crippen MR) is 137 cm³/mol. The third-order valence-corrected chi connectivity index (χ3v) is 6.90. The smallest absolute Gasteiger partial charge is 0.252 e. The molecule has 9 nitrogen and oxygen atoms in total. The SMILES string of the molecule is COc1ccc(C2=C3c4cc(OC)c(O)cc4NC(=O)C3n3ccc4cc(=O)c(OC)cc-4c32)cc1O. The van der Waals surface area contributed by atoms with E-state index in [1.807, 2.05) is 4.57 Å². The van der Waals surface area contributed by atoms with Crippen LogP contribution in [0.5, 0.6) is 28.7 Å². The van der Waals surface area contributed by atoms with Crippen LogP contribution in [-0.2, 0) is 4.79 Å². The van der Waals surface area contributed by atoms with E-state index in [1.54, 1.807) is 42.6 Å². The quantitative estimate of drug-likeness (QED) is 0.391. The van der Waals surface area contributed by atoms with E-state index in [2.05, 4.69) is 5.32 Å². The second kappa shape index (κ2) is 8.06. The average molecular weight is 498 g/mol. The molecule has 0 bridgehead atoms. The highest BCUT2D eigenvalue weighted by molar-refractivity contribution is 6.19. The Bertz CT molecular complexity index is 1680. The summed E-state index contributed by atoms with van der Waals surface area (Å²) in [4.78, 5) is 26.0. The van der Waals surface area contributed by atoms with Gasteiger partial charge in [0.1, 0.15) is 6.04 Å². The Morgan fingerprint density at radius 2 is 1.49 bits per heavy atom. The Morgan fingerprint density at radius 1 is 0.784 bits per heavy atom. The van der Waals surface area contributed by atoms with E-state index in [0.29, 0.717) is 50.5 Å². The third kappa shape index (κ3) is 3.17. The first-order valence-electron chi connectivity index (χ1n) is 11.4. The molecule has 0 aromatic heterocycles. The largest absolute Gasteiger partial charge is 0.504 e. The van der Waals surface area contributed by atoms with Crippen LogP contribution in [0, 0.1) is 0 Å². The zero-order valence-electron chi connectivity index (χ0n) is 20.2. The second-order valence-electron chi connectivity index (χ2n) is 8.80. The zero-order valence-corrected chi connectivity index (χ0v) is 20.2. The fourth-order valence-corrected chi connectivity index (χ4v) is 5.27. The molecular formula is C28H22N2O7. The summed E-state index contributed by atoms with van der Waals surface area (Å²) in [5.74, 6) is 0.270. The van der Waals surface area contributed by atoms with E-state index in [1.165, 1.54) is 33.5 Å². The van der Waals surface area contributed by atoms with Crippen LogP contribution >= 0.6 is 0 Å². The van der Waals surface area contributed by atoms with Crippen LogP contribution in [-0.4, -0.2) is 42.0 Å². The highest BCUT2D eigenvalue weighted by Gasteiger charge is 2.43. The van der Waals surface area contributed by atoms with Gasteiger partial charge in [0.25, 0.3) is 5.91 Å². The fourth-order valence-electron chi connectivity index (χ4n) is 5.27. The standard InChI is InChI=1S/C28H22N2O7/c1-35-21-5-4-14(9-18(21)31)24-25-16-11-23(37-3)20(33)12-17(16)29-28(34)27(25)30-7-6-13-8-19(32)22(36-2)10-15(13)26(24)30/h4-12,27,31,33H,1-3H3,(H,29,34). The molecule has 0 radical (unpaired) electrons. The molecule has 6 rings (SSSR count). The summed E-state index contributed by atoms with van der Waals surface area (Å²) >= 11 is 0. The first-order valence-corrected chi connectivity index (χ1v) is 11.4. The van der Waals surface area contributed by atoms with Crippen LogP contribution in [0.15, 0.2) is 59.5 Å². The Hall–Kier alpha value is -4.92. The number of nitrogens with one attached hydrogen (secondary N) is 1. The lowest BCUT2D eigenvalue weighted by atomic mass is 9.86. The number of anilines is 1. The van der Waals surface area contributed by atoms with Crippen LogP contribution in [0.1, 0.15) is 22.9 Å². The molecule has 0 saturated carbocycles. The number of rotatable bonds is 4. The minimum Gasteiger partial charge on any atom is -0.504 e. The van der Waals surface area contributed by atoms with Crippen molar-refractivity contribution < 1.29 is 29.2 Å². The fraction of sp³-hybridized carbons (Fsp3) is 0.143. The molecule has 186 valence electrons. The number of pyridine rings is 1. The molecule has 37 heavy (non-hydrogen) atoms. The number of methoxy groups -OCH3 is 3. The molecule has 3 heterocycles. The molecule has 0 spiro atoms. The number of carbonyl (C=O) groups excluding carboxylic acids is 1. The summed E-state index contributed by atoms with van der Waals surface area (Å²) in [6.45, 7) is 0. The van der Waals surface area contributed by atoms with Gasteiger partial charge in [-0.1, -0.05) is 6.07 Å². The summed E-state index contributed by atoms with van der Waals surface area (Å²) in [5.41, 5.74) is 4.87. The van der Waals surface area contributed by atoms with E-state index < -0.39 is 6.04 Å². The number of phenols is 2. The van der Waals surface area contributed by atoms with E-state index >= 15 is 0 Å². The number of carbonyl (C=O) groups is 1. The maximum Gasteiger partial charge on any atom is 0.252 e. The Labute approximate surface area is 211 Å². The number of aromatic hydroxyl groups is 2. The molecular weight excluding hydrogens is 476 g/mol. The number of hydrogen-bond acceptors (Lipinski definition) is 7. The lowest BCUT2D eigenvalue weighted by Gasteiger charge is -2.27. The first-order chi connectivity index (χ1) is 17.9. The summed E-state index contributed by atoms with van der Waals surface area (Å²) in [6, 6.07) is 12.4. The number of amides is 1. The highest BCUT2D eigenvalue weighted by Crippen LogP contribution is 2.54. The van der Waals surface area contributed by atoms with Crippen molar-refractivity contribution in [1.82, 2.24) is 4.57 Å². The number of phenolic OH excluding ortho intramolecular Hbond substituents is 2. The van der Waals surface area contributed by atoms with Gasteiger partial charge in [0.05, 0.1) is 32.7 Å². The Morgan fingerprint density at radius 3 is 2.19 bits per heavy atom. The summed E-state index contributed by atoms with van der Waals surface area (Å²) in [5, 5.41) is 23.9. The number of ether oxygens (including phenoxy) is 3. The Balaban J connectivity index is 1.76. The minimum absolute atomic E-state index is 0.0634. The number of nitrogens with zero attached hydrogens (tertiary/aromatic N) is 1. The molecule has 1 amide bonds. The molecule has 4 aliphatic rings. The maximum absolute atomic E-state index is 13.5. The summed E-state index contributed by atoms with van der Waals surface area (Å²) in [6.07, 6.45) is 1.77. The molecule has 2 aromatic carbocycles. The van der Waals surface area contributed by atoms with Gasteiger partial charge in [-0.05, 0) is 47.5 Å². The van der Waals surface area contributed by atoms with Crippen LogP contribution in [0.25, 0.3) is 22.3 Å². The normalized spacial score (nSPS) is 15.6. The molecule has 9 heteroatoms. The number of fused-ring (bicyclic) bond motifs is 7. The van der Waals surface area contributed by atoms with Crippen molar-refractivity contribution in [1.29, 1.82) is 0 Å². The number of aromatic nitrogens is 1. The zero-order chi connectivity index (χ0) is 26.0. The second-order valence-corrected chi connectivity index (χ2v) is 8.80. The third-order valence-electron chi connectivity index (χ3n) is 6.90. The lowest BCUT2D eigenvalue weighted by molar-refractivity contribution is -0.117. The van der Waals surface area contributed by atoms with Crippen molar-refractivity contribution >= 4 is 22.7 Å². The van der Waals surface area contributed by atoms with Gasteiger partial charge in [0.15, 0.2) is 28.7 Å². The van der Waals surface area contributed by atoms with Crippen molar-refractivity contribution in [3.8, 4) is 39.9 Å². The topological polar surface area (TPSA) is 119 Å². The number of hydrogen-bond donors (Lipinski definition) is 3. The van der Waals surface area contributed by atoms with Crippen LogP contribution in [0.3, 0.4) is 0 Å². The van der Waals surface area contributed by atoms with Gasteiger partial charge in [-0.2, -0.15) is 0 Å². The van der Waals surface area contributed by atoms with Crippen molar-refractivity contribution in [2.24, 2.45) is 0 Å². The van der Waals surface area contributed by atoms with Gasteiger partial charge in [0.2, 0.25) is 5.43 Å². The lowest BCUT2D eigenvalue weighted by Crippen LogP contribution is -2.30. The van der Waals surface area contributed by atoms with Gasteiger partial charge < -0.3 is 34.3 Å². The average Bonchev–Trinajstić information content (AvgIpc) is 3.24. The highest BCUT2D eigenvalue weighted by atomic mass is 16.5. The molecule has 3 aliphatic heterocycles. The molecule has 1 atom stereocenters. The molecule has 1 unspecified atom stereocenters.